The van der Waals surface area contributed by atoms with Crippen LogP contribution in [0.5, 0.6) is 0 Å². The van der Waals surface area contributed by atoms with Crippen LogP contribution in [0.4, 0.5) is 10.5 Å². The summed E-state index contributed by atoms with van der Waals surface area (Å²) >= 11 is 0. The van der Waals surface area contributed by atoms with E-state index in [1.807, 2.05) is 52.0 Å². The molecule has 2 saturated heterocycles. The lowest BCUT2D eigenvalue weighted by Gasteiger charge is -2.32. The Morgan fingerprint density at radius 2 is 1.65 bits per heavy atom. The maximum absolute atomic E-state index is 13.8. The van der Waals surface area contributed by atoms with Gasteiger partial charge in [0.1, 0.15) is 17.7 Å². The van der Waals surface area contributed by atoms with E-state index in [1.54, 1.807) is 56.0 Å². The molecule has 2 N–H and O–H groups in total. The first-order chi connectivity index (χ1) is 18.7. The quantitative estimate of drug-likeness (QED) is 0.524. The van der Waals surface area contributed by atoms with Crippen LogP contribution in [0.3, 0.4) is 0 Å². The minimum Gasteiger partial charge on any atom is -0.444 e. The predicted octanol–water partition coefficient (Wildman–Crippen LogP) is 4.18. The first kappa shape index (κ1) is 29.6. The second-order valence-corrected chi connectivity index (χ2v) is 12.4. The fraction of sp³-hybridized carbons (Fsp3) is 0.500. The lowest BCUT2D eigenvalue weighted by Crippen LogP contribution is -2.49. The summed E-state index contributed by atoms with van der Waals surface area (Å²) in [4.78, 5) is 41.4. The first-order valence-corrected chi connectivity index (χ1v) is 13.8. The van der Waals surface area contributed by atoms with Crippen LogP contribution in [0.2, 0.25) is 0 Å². The first-order valence-electron chi connectivity index (χ1n) is 13.8. The zero-order valence-corrected chi connectivity index (χ0v) is 24.4. The summed E-state index contributed by atoms with van der Waals surface area (Å²) in [6.07, 6.45) is 0.489. The summed E-state index contributed by atoms with van der Waals surface area (Å²) in [5.41, 5.74) is 0.303. The third-order valence-electron chi connectivity index (χ3n) is 7.56. The van der Waals surface area contributed by atoms with Crippen LogP contribution in [0.15, 0.2) is 54.6 Å². The van der Waals surface area contributed by atoms with Crippen molar-refractivity contribution in [2.24, 2.45) is 0 Å². The highest BCUT2D eigenvalue weighted by molar-refractivity contribution is 6.62. The zero-order chi connectivity index (χ0) is 29.3. The van der Waals surface area contributed by atoms with Gasteiger partial charge in [0.2, 0.25) is 5.91 Å². The van der Waals surface area contributed by atoms with Crippen LogP contribution in [-0.4, -0.2) is 59.3 Å². The van der Waals surface area contributed by atoms with Gasteiger partial charge in [-0.2, -0.15) is 0 Å². The molecule has 3 amide bonds. The molecule has 0 radical (unpaired) electrons. The second-order valence-electron chi connectivity index (χ2n) is 12.4. The molecule has 0 bridgehead atoms. The lowest BCUT2D eigenvalue weighted by atomic mass is 9.79. The lowest BCUT2D eigenvalue weighted by molar-refractivity contribution is -0.138. The van der Waals surface area contributed by atoms with Crippen molar-refractivity contribution in [3.63, 3.8) is 0 Å². The Morgan fingerprint density at radius 3 is 2.27 bits per heavy atom. The summed E-state index contributed by atoms with van der Waals surface area (Å²) < 4.78 is 17.7. The van der Waals surface area contributed by atoms with Crippen LogP contribution in [0.25, 0.3) is 0 Å². The molecule has 0 spiro atoms. The fourth-order valence-corrected chi connectivity index (χ4v) is 4.80. The summed E-state index contributed by atoms with van der Waals surface area (Å²) in [7, 11) is -0.558. The van der Waals surface area contributed by atoms with Crippen LogP contribution < -0.4 is 16.1 Å². The van der Waals surface area contributed by atoms with Crippen molar-refractivity contribution in [1.82, 2.24) is 10.2 Å². The molecular weight excluding hydrogens is 509 g/mol. The smallest absolute Gasteiger partial charge is 0.444 e. The molecular formula is C30H40BN3O6. The molecule has 2 fully saturated rings. The monoisotopic (exact) mass is 549 g/mol. The molecule has 0 aromatic heterocycles. The number of hydrogen-bond acceptors (Lipinski definition) is 6. The normalized spacial score (nSPS) is 20.6. The molecule has 0 aliphatic carbocycles. The van der Waals surface area contributed by atoms with E-state index in [9.17, 15) is 14.4 Å². The Labute approximate surface area is 237 Å². The van der Waals surface area contributed by atoms with Gasteiger partial charge >= 0.3 is 13.2 Å². The van der Waals surface area contributed by atoms with E-state index in [2.05, 4.69) is 10.6 Å². The van der Waals surface area contributed by atoms with Crippen molar-refractivity contribution in [1.29, 1.82) is 0 Å². The Hall–Kier alpha value is -3.37. The average molecular weight is 549 g/mol. The Morgan fingerprint density at radius 1 is 1.00 bits per heavy atom. The van der Waals surface area contributed by atoms with Crippen molar-refractivity contribution in [3.8, 4) is 0 Å². The number of hydrogen-bond donors (Lipinski definition) is 2. The van der Waals surface area contributed by atoms with Crippen molar-refractivity contribution in [2.45, 2.75) is 90.2 Å². The second kappa shape index (κ2) is 11.3. The molecule has 10 heteroatoms. The van der Waals surface area contributed by atoms with Crippen LogP contribution in [0, 0.1) is 0 Å². The van der Waals surface area contributed by atoms with E-state index >= 15 is 0 Å². The third-order valence-corrected chi connectivity index (χ3v) is 7.56. The summed E-state index contributed by atoms with van der Waals surface area (Å²) in [5.74, 6) is -0.651. The SMILES string of the molecule is CC(C)(C)OC(=O)N[C@@H](C(=O)N1CCCC1C(=O)Nc1cccc(B2OC(C)(C)C(C)(C)O2)c1)c1ccccc1. The van der Waals surface area contributed by atoms with Gasteiger partial charge in [-0.25, -0.2) is 4.79 Å². The van der Waals surface area contributed by atoms with Crippen molar-refractivity contribution in [2.75, 3.05) is 11.9 Å². The molecule has 2 atom stereocenters. The highest BCUT2D eigenvalue weighted by atomic mass is 16.7. The van der Waals surface area contributed by atoms with Gasteiger partial charge in [0.25, 0.3) is 5.91 Å². The molecule has 4 rings (SSSR count). The number of ether oxygens (including phenoxy) is 1. The van der Waals surface area contributed by atoms with Crippen molar-refractivity contribution < 1.29 is 28.4 Å². The van der Waals surface area contributed by atoms with E-state index < -0.39 is 42.1 Å². The number of likely N-dealkylation sites (tertiary alicyclic amines) is 1. The molecule has 2 aromatic rings. The highest BCUT2D eigenvalue weighted by Crippen LogP contribution is 2.36. The number of carbonyl (C=O) groups is 3. The molecule has 1 unspecified atom stereocenters. The summed E-state index contributed by atoms with van der Waals surface area (Å²) in [6, 6.07) is 14.7. The number of amides is 3. The van der Waals surface area contributed by atoms with Gasteiger partial charge < -0.3 is 29.6 Å². The maximum atomic E-state index is 13.8. The summed E-state index contributed by atoms with van der Waals surface area (Å²) in [6.45, 7) is 13.6. The number of carbonyl (C=O) groups excluding carboxylic acids is 3. The molecule has 2 aromatic carbocycles. The average Bonchev–Trinajstić information content (AvgIpc) is 3.44. The van der Waals surface area contributed by atoms with E-state index in [1.165, 1.54) is 0 Å². The Bertz CT molecular complexity index is 1230. The fourth-order valence-electron chi connectivity index (χ4n) is 4.80. The number of anilines is 1. The molecule has 2 heterocycles. The van der Waals surface area contributed by atoms with Gasteiger partial charge in [-0.1, -0.05) is 42.5 Å². The number of nitrogens with zero attached hydrogens (tertiary/aromatic N) is 1. The molecule has 2 aliphatic heterocycles. The minimum absolute atomic E-state index is 0.291. The van der Waals surface area contributed by atoms with Crippen molar-refractivity contribution in [3.05, 3.63) is 60.2 Å². The Balaban J connectivity index is 1.49. The number of alkyl carbamates (subject to hydrolysis) is 1. The Kier molecular flexibility index (Phi) is 8.33. The minimum atomic E-state index is -0.990. The molecule has 9 nitrogen and oxygen atoms in total. The number of benzene rings is 2. The highest BCUT2D eigenvalue weighted by Gasteiger charge is 2.51. The van der Waals surface area contributed by atoms with Gasteiger partial charge in [-0.05, 0) is 84.5 Å². The van der Waals surface area contributed by atoms with Gasteiger partial charge in [0.05, 0.1) is 11.2 Å². The van der Waals surface area contributed by atoms with Crippen LogP contribution in [0.1, 0.15) is 72.9 Å². The van der Waals surface area contributed by atoms with Crippen molar-refractivity contribution >= 4 is 36.2 Å². The molecule has 0 saturated carbocycles. The van der Waals surface area contributed by atoms with E-state index in [0.29, 0.717) is 30.6 Å². The van der Waals surface area contributed by atoms with E-state index in [0.717, 1.165) is 5.46 Å². The standard InChI is InChI=1S/C30H40BN3O6/c1-28(2,3)38-27(37)33-24(20-13-9-8-10-14-20)26(36)34-18-12-17-23(34)25(35)32-22-16-11-15-21(19-22)31-39-29(4,5)30(6,7)40-31/h8-11,13-16,19,23-24H,12,17-18H2,1-7H3,(H,32,35)(H,33,37)/t23?,24-/m1/s1. The maximum Gasteiger partial charge on any atom is 0.494 e. The van der Waals surface area contributed by atoms with Gasteiger partial charge in [-0.15, -0.1) is 0 Å². The number of rotatable bonds is 6. The van der Waals surface area contributed by atoms with Gasteiger partial charge in [-0.3, -0.25) is 9.59 Å². The van der Waals surface area contributed by atoms with Crippen LogP contribution in [-0.2, 0) is 23.6 Å². The van der Waals surface area contributed by atoms with Gasteiger partial charge in [0, 0.05) is 12.2 Å². The summed E-state index contributed by atoms with van der Waals surface area (Å²) in [5, 5.41) is 5.68. The molecule has 40 heavy (non-hydrogen) atoms. The molecule has 2 aliphatic rings. The third kappa shape index (κ3) is 6.67. The zero-order valence-electron chi connectivity index (χ0n) is 24.4. The topological polar surface area (TPSA) is 106 Å². The van der Waals surface area contributed by atoms with Gasteiger partial charge in [0.15, 0.2) is 0 Å². The molecule has 214 valence electrons. The largest absolute Gasteiger partial charge is 0.494 e. The van der Waals surface area contributed by atoms with Crippen LogP contribution >= 0.6 is 0 Å². The van der Waals surface area contributed by atoms with E-state index in [4.69, 9.17) is 14.0 Å². The predicted molar refractivity (Wildman–Crippen MR) is 154 cm³/mol. The van der Waals surface area contributed by atoms with E-state index in [-0.39, 0.29) is 11.8 Å². The number of nitrogens with one attached hydrogen (secondary N) is 2.